The third-order valence-electron chi connectivity index (χ3n) is 1.29. The Morgan fingerprint density at radius 1 is 1.25 bits per heavy atom. The molecule has 0 amide bonds. The topological polar surface area (TPSA) is 12.0 Å². The molecule has 0 aromatic carbocycles. The van der Waals surface area contributed by atoms with Gasteiger partial charge in [0.15, 0.2) is 0 Å². The average Bonchev–Trinajstić information content (AvgIpc) is 1.96. The second kappa shape index (κ2) is 5.42. The molecular weight excluding hydrogens is 146 g/mol. The van der Waals surface area contributed by atoms with Crippen LogP contribution in [-0.2, 0) is 0 Å². The summed E-state index contributed by atoms with van der Waals surface area (Å²) in [7, 11) is 0. The SMILES string of the molecule is C=C/C=C\C(NC(=C)C)=C(C)C. The summed E-state index contributed by atoms with van der Waals surface area (Å²) < 4.78 is 0. The van der Waals surface area contributed by atoms with Crippen molar-refractivity contribution in [1.29, 1.82) is 0 Å². The molecule has 0 aliphatic carbocycles. The molecular formula is C11H17N. The van der Waals surface area contributed by atoms with E-state index in [0.29, 0.717) is 0 Å². The van der Waals surface area contributed by atoms with Crippen molar-refractivity contribution in [2.24, 2.45) is 0 Å². The van der Waals surface area contributed by atoms with Crippen LogP contribution in [0.25, 0.3) is 0 Å². The zero-order chi connectivity index (χ0) is 9.56. The fourth-order valence-electron chi connectivity index (χ4n) is 0.727. The molecule has 0 atom stereocenters. The van der Waals surface area contributed by atoms with Crippen molar-refractivity contribution < 1.29 is 0 Å². The number of rotatable bonds is 4. The molecule has 0 fully saturated rings. The summed E-state index contributed by atoms with van der Waals surface area (Å²) in [6, 6.07) is 0. The first kappa shape index (κ1) is 10.8. The lowest BCUT2D eigenvalue weighted by Gasteiger charge is -2.07. The van der Waals surface area contributed by atoms with Crippen LogP contribution in [-0.4, -0.2) is 0 Å². The van der Waals surface area contributed by atoms with Crippen molar-refractivity contribution in [3.63, 3.8) is 0 Å². The van der Waals surface area contributed by atoms with Gasteiger partial charge in [-0.3, -0.25) is 0 Å². The fraction of sp³-hybridized carbons (Fsp3) is 0.273. The van der Waals surface area contributed by atoms with Crippen LogP contribution in [0, 0.1) is 0 Å². The summed E-state index contributed by atoms with van der Waals surface area (Å²) in [6.45, 7) is 13.4. The van der Waals surface area contributed by atoms with Crippen LogP contribution in [0.2, 0.25) is 0 Å². The molecule has 1 heteroatoms. The zero-order valence-electron chi connectivity index (χ0n) is 8.15. The Kier molecular flexibility index (Phi) is 4.86. The van der Waals surface area contributed by atoms with E-state index < -0.39 is 0 Å². The second-order valence-electron chi connectivity index (χ2n) is 2.91. The minimum Gasteiger partial charge on any atom is -0.360 e. The molecule has 0 heterocycles. The third kappa shape index (κ3) is 4.56. The molecule has 0 unspecified atom stereocenters. The van der Waals surface area contributed by atoms with Crippen LogP contribution in [0.5, 0.6) is 0 Å². The van der Waals surface area contributed by atoms with E-state index in [9.17, 15) is 0 Å². The highest BCUT2D eigenvalue weighted by molar-refractivity contribution is 5.26. The molecule has 0 spiro atoms. The first-order valence-electron chi connectivity index (χ1n) is 3.97. The van der Waals surface area contributed by atoms with Gasteiger partial charge in [-0.2, -0.15) is 0 Å². The van der Waals surface area contributed by atoms with Gasteiger partial charge in [-0.1, -0.05) is 30.9 Å². The molecule has 0 radical (unpaired) electrons. The molecule has 0 rings (SSSR count). The summed E-state index contributed by atoms with van der Waals surface area (Å²) in [5.74, 6) is 0. The highest BCUT2D eigenvalue weighted by Gasteiger charge is 1.92. The van der Waals surface area contributed by atoms with Gasteiger partial charge in [-0.25, -0.2) is 0 Å². The lowest BCUT2D eigenvalue weighted by molar-refractivity contribution is 0.983. The van der Waals surface area contributed by atoms with Crippen LogP contribution in [0.1, 0.15) is 20.8 Å². The van der Waals surface area contributed by atoms with Gasteiger partial charge in [-0.15, -0.1) is 0 Å². The van der Waals surface area contributed by atoms with E-state index in [0.717, 1.165) is 11.4 Å². The van der Waals surface area contributed by atoms with Gasteiger partial charge in [0, 0.05) is 11.4 Å². The Bertz CT molecular complexity index is 227. The maximum absolute atomic E-state index is 3.78. The van der Waals surface area contributed by atoms with E-state index >= 15 is 0 Å². The minimum atomic E-state index is 0.944. The Morgan fingerprint density at radius 2 is 1.83 bits per heavy atom. The maximum atomic E-state index is 3.78. The van der Waals surface area contributed by atoms with Crippen molar-refractivity contribution in [1.82, 2.24) is 5.32 Å². The molecule has 12 heavy (non-hydrogen) atoms. The van der Waals surface area contributed by atoms with E-state index in [1.54, 1.807) is 6.08 Å². The van der Waals surface area contributed by atoms with Gasteiger partial charge in [0.25, 0.3) is 0 Å². The average molecular weight is 163 g/mol. The van der Waals surface area contributed by atoms with Crippen LogP contribution in [0.15, 0.2) is 48.4 Å². The van der Waals surface area contributed by atoms with E-state index in [2.05, 4.69) is 32.3 Å². The van der Waals surface area contributed by atoms with Gasteiger partial charge in [0.05, 0.1) is 0 Å². The molecule has 0 aromatic rings. The monoisotopic (exact) mass is 163 g/mol. The van der Waals surface area contributed by atoms with E-state index in [1.165, 1.54) is 5.57 Å². The summed E-state index contributed by atoms with van der Waals surface area (Å²) in [5.41, 5.74) is 3.26. The fourth-order valence-corrected chi connectivity index (χ4v) is 0.727. The van der Waals surface area contributed by atoms with Crippen LogP contribution in [0.4, 0.5) is 0 Å². The first-order chi connectivity index (χ1) is 5.57. The summed E-state index contributed by atoms with van der Waals surface area (Å²) in [5, 5.41) is 3.16. The Labute approximate surface area is 75.2 Å². The number of allylic oxidation sites excluding steroid dienone is 5. The molecule has 0 aromatic heterocycles. The summed E-state index contributed by atoms with van der Waals surface area (Å²) in [4.78, 5) is 0. The summed E-state index contributed by atoms with van der Waals surface area (Å²) >= 11 is 0. The molecule has 1 nitrogen and oxygen atoms in total. The molecule has 1 N–H and O–H groups in total. The van der Waals surface area contributed by atoms with Gasteiger partial charge in [-0.05, 0) is 26.8 Å². The van der Waals surface area contributed by atoms with E-state index in [-0.39, 0.29) is 0 Å². The van der Waals surface area contributed by atoms with Crippen LogP contribution >= 0.6 is 0 Å². The predicted molar refractivity (Wildman–Crippen MR) is 55.7 cm³/mol. The molecule has 0 saturated carbocycles. The minimum absolute atomic E-state index is 0.944. The van der Waals surface area contributed by atoms with Gasteiger partial charge in [0.2, 0.25) is 0 Å². The highest BCUT2D eigenvalue weighted by atomic mass is 14.9. The summed E-state index contributed by atoms with van der Waals surface area (Å²) in [6.07, 6.45) is 5.64. The quantitative estimate of drug-likeness (QED) is 0.628. The van der Waals surface area contributed by atoms with Crippen molar-refractivity contribution in [2.45, 2.75) is 20.8 Å². The highest BCUT2D eigenvalue weighted by Crippen LogP contribution is 2.03. The number of hydrogen-bond donors (Lipinski definition) is 1. The molecule has 66 valence electrons. The van der Waals surface area contributed by atoms with Crippen LogP contribution < -0.4 is 5.32 Å². The molecule has 0 saturated heterocycles. The standard InChI is InChI=1S/C11H17N/c1-6-7-8-11(9(2)3)12-10(4)5/h6-8,12H,1,4H2,2-3,5H3/b8-7-. The Morgan fingerprint density at radius 3 is 2.17 bits per heavy atom. The van der Waals surface area contributed by atoms with Crippen molar-refractivity contribution in [3.05, 3.63) is 48.4 Å². The Balaban J connectivity index is 4.47. The van der Waals surface area contributed by atoms with Crippen molar-refractivity contribution in [3.8, 4) is 0 Å². The maximum Gasteiger partial charge on any atom is 0.0367 e. The van der Waals surface area contributed by atoms with E-state index in [1.807, 2.05) is 19.1 Å². The van der Waals surface area contributed by atoms with Gasteiger partial charge >= 0.3 is 0 Å². The predicted octanol–water partition coefficient (Wildman–Crippen LogP) is 3.15. The third-order valence-corrected chi connectivity index (χ3v) is 1.29. The lowest BCUT2D eigenvalue weighted by Crippen LogP contribution is -2.08. The lowest BCUT2D eigenvalue weighted by atomic mass is 10.2. The van der Waals surface area contributed by atoms with Crippen LogP contribution in [0.3, 0.4) is 0 Å². The smallest absolute Gasteiger partial charge is 0.0367 e. The molecule has 0 aliphatic rings. The number of hydrogen-bond acceptors (Lipinski definition) is 1. The largest absolute Gasteiger partial charge is 0.360 e. The van der Waals surface area contributed by atoms with Crippen molar-refractivity contribution in [2.75, 3.05) is 0 Å². The van der Waals surface area contributed by atoms with Crippen molar-refractivity contribution >= 4 is 0 Å². The van der Waals surface area contributed by atoms with Gasteiger partial charge < -0.3 is 5.32 Å². The normalized spacial score (nSPS) is 9.58. The zero-order valence-corrected chi connectivity index (χ0v) is 8.15. The number of nitrogens with one attached hydrogen (secondary N) is 1. The van der Waals surface area contributed by atoms with E-state index in [4.69, 9.17) is 0 Å². The second-order valence-corrected chi connectivity index (χ2v) is 2.91. The Hall–Kier alpha value is -1.24. The van der Waals surface area contributed by atoms with Gasteiger partial charge in [0.1, 0.15) is 0 Å². The first-order valence-corrected chi connectivity index (χ1v) is 3.97. The molecule has 0 bridgehead atoms. The molecule has 0 aliphatic heterocycles.